The van der Waals surface area contributed by atoms with E-state index < -0.39 is 12.0 Å². The molecule has 0 spiro atoms. The van der Waals surface area contributed by atoms with E-state index in [1.807, 2.05) is 38.1 Å². The van der Waals surface area contributed by atoms with Crippen molar-refractivity contribution in [3.05, 3.63) is 35.4 Å². The maximum absolute atomic E-state index is 12.6. The minimum Gasteiger partial charge on any atom is -0.480 e. The van der Waals surface area contributed by atoms with Crippen molar-refractivity contribution in [1.29, 1.82) is 0 Å². The van der Waals surface area contributed by atoms with Gasteiger partial charge in [-0.05, 0) is 24.5 Å². The van der Waals surface area contributed by atoms with Crippen LogP contribution in [0.3, 0.4) is 0 Å². The Morgan fingerprint density at radius 3 is 2.52 bits per heavy atom. The molecule has 5 heteroatoms. The first-order valence-corrected chi connectivity index (χ1v) is 7.43. The van der Waals surface area contributed by atoms with E-state index in [0.717, 1.165) is 17.5 Å². The van der Waals surface area contributed by atoms with Crippen LogP contribution in [0.25, 0.3) is 0 Å². The van der Waals surface area contributed by atoms with E-state index in [9.17, 15) is 14.7 Å². The van der Waals surface area contributed by atoms with Gasteiger partial charge in [0.05, 0.1) is 0 Å². The Hall–Kier alpha value is -2.04. The fraction of sp³-hybridized carbons (Fsp3) is 0.500. The molecule has 5 nitrogen and oxygen atoms in total. The number of urea groups is 1. The molecule has 1 atom stereocenters. The molecule has 2 rings (SSSR count). The van der Waals surface area contributed by atoms with Crippen molar-refractivity contribution in [2.45, 2.75) is 39.3 Å². The summed E-state index contributed by atoms with van der Waals surface area (Å²) in [6.45, 7) is 5.54. The Balaban J connectivity index is 2.28. The van der Waals surface area contributed by atoms with Gasteiger partial charge in [0.1, 0.15) is 6.04 Å². The maximum atomic E-state index is 12.6. The highest BCUT2D eigenvalue weighted by molar-refractivity contribution is 5.83. The first-order chi connectivity index (χ1) is 10.1. The number of carbonyl (C=O) groups excluding carboxylic acids is 1. The van der Waals surface area contributed by atoms with Crippen LogP contribution in [0.15, 0.2) is 24.3 Å². The van der Waals surface area contributed by atoms with Crippen LogP contribution in [0, 0.1) is 0 Å². The number of carboxylic acids is 1. The van der Waals surface area contributed by atoms with Crippen LogP contribution in [-0.4, -0.2) is 46.0 Å². The first-order valence-electron chi connectivity index (χ1n) is 7.43. The zero-order valence-electron chi connectivity index (χ0n) is 12.6. The summed E-state index contributed by atoms with van der Waals surface area (Å²) in [5.74, 6) is -0.939. The van der Waals surface area contributed by atoms with Crippen LogP contribution in [0.4, 0.5) is 4.79 Å². The molecule has 0 radical (unpaired) electrons. The Morgan fingerprint density at radius 1 is 1.29 bits per heavy atom. The molecule has 2 amide bonds. The first kappa shape index (κ1) is 15.4. The van der Waals surface area contributed by atoms with Crippen LogP contribution < -0.4 is 0 Å². The largest absolute Gasteiger partial charge is 0.480 e. The van der Waals surface area contributed by atoms with Gasteiger partial charge in [0, 0.05) is 26.1 Å². The van der Waals surface area contributed by atoms with E-state index in [0.29, 0.717) is 26.1 Å². The average molecular weight is 290 g/mol. The summed E-state index contributed by atoms with van der Waals surface area (Å²) in [5.41, 5.74) is 2.06. The second-order valence-corrected chi connectivity index (χ2v) is 5.32. The molecule has 0 aliphatic carbocycles. The van der Waals surface area contributed by atoms with Crippen LogP contribution in [0.2, 0.25) is 0 Å². The maximum Gasteiger partial charge on any atom is 0.326 e. The van der Waals surface area contributed by atoms with E-state index in [1.165, 1.54) is 4.90 Å². The van der Waals surface area contributed by atoms with Gasteiger partial charge < -0.3 is 14.9 Å². The van der Waals surface area contributed by atoms with Gasteiger partial charge in [-0.2, -0.15) is 0 Å². The molecule has 0 bridgehead atoms. The van der Waals surface area contributed by atoms with Gasteiger partial charge in [0.15, 0.2) is 0 Å². The van der Waals surface area contributed by atoms with Crippen LogP contribution in [-0.2, 0) is 17.8 Å². The molecule has 0 saturated carbocycles. The van der Waals surface area contributed by atoms with E-state index in [4.69, 9.17) is 0 Å². The highest BCUT2D eigenvalue weighted by Crippen LogP contribution is 2.24. The summed E-state index contributed by atoms with van der Waals surface area (Å²) in [5, 5.41) is 9.46. The topological polar surface area (TPSA) is 60.9 Å². The lowest BCUT2D eigenvalue weighted by molar-refractivity contribution is -0.142. The molecule has 1 aromatic rings. The van der Waals surface area contributed by atoms with Crippen molar-refractivity contribution >= 4 is 12.0 Å². The van der Waals surface area contributed by atoms with Crippen LogP contribution >= 0.6 is 0 Å². The number of benzene rings is 1. The highest BCUT2D eigenvalue weighted by atomic mass is 16.4. The Bertz CT molecular complexity index is 530. The monoisotopic (exact) mass is 290 g/mol. The van der Waals surface area contributed by atoms with Gasteiger partial charge in [-0.15, -0.1) is 0 Å². The van der Waals surface area contributed by atoms with Crippen LogP contribution in [0.5, 0.6) is 0 Å². The molecular weight excluding hydrogens is 268 g/mol. The molecule has 21 heavy (non-hydrogen) atoms. The second-order valence-electron chi connectivity index (χ2n) is 5.32. The fourth-order valence-electron chi connectivity index (χ4n) is 2.79. The lowest BCUT2D eigenvalue weighted by Crippen LogP contribution is -2.53. The molecular formula is C16H22N2O3. The van der Waals surface area contributed by atoms with Gasteiger partial charge in [-0.1, -0.05) is 31.2 Å². The normalized spacial score (nSPS) is 17.2. The van der Waals surface area contributed by atoms with Crippen molar-refractivity contribution < 1.29 is 14.7 Å². The lowest BCUT2D eigenvalue weighted by atomic mass is 9.94. The number of nitrogens with zero attached hydrogens (tertiary/aromatic N) is 2. The number of aliphatic carboxylic acids is 1. The van der Waals surface area contributed by atoms with Crippen molar-refractivity contribution in [3.63, 3.8) is 0 Å². The Labute approximate surface area is 125 Å². The summed E-state index contributed by atoms with van der Waals surface area (Å²) in [6.07, 6.45) is 1.24. The zero-order chi connectivity index (χ0) is 15.4. The third kappa shape index (κ3) is 3.17. The number of hydrogen-bond acceptors (Lipinski definition) is 2. The van der Waals surface area contributed by atoms with Crippen LogP contribution in [0.1, 0.15) is 31.4 Å². The molecule has 1 heterocycles. The summed E-state index contributed by atoms with van der Waals surface area (Å²) in [7, 11) is 0. The number of carbonyl (C=O) groups is 2. The predicted molar refractivity (Wildman–Crippen MR) is 80.0 cm³/mol. The molecule has 1 N–H and O–H groups in total. The van der Waals surface area contributed by atoms with E-state index in [1.54, 1.807) is 4.90 Å². The molecule has 1 aromatic carbocycles. The number of carboxylic acid groups (broad SMARTS) is 1. The number of hydrogen-bond donors (Lipinski definition) is 1. The Kier molecular flexibility index (Phi) is 4.83. The molecule has 0 fully saturated rings. The average Bonchev–Trinajstić information content (AvgIpc) is 2.50. The van der Waals surface area contributed by atoms with Gasteiger partial charge in [-0.3, -0.25) is 0 Å². The van der Waals surface area contributed by atoms with E-state index >= 15 is 0 Å². The number of fused-ring (bicyclic) bond motifs is 1. The molecule has 0 aromatic heterocycles. The summed E-state index contributed by atoms with van der Waals surface area (Å²) in [4.78, 5) is 27.4. The highest BCUT2D eigenvalue weighted by Gasteiger charge is 2.36. The standard InChI is InChI=1S/C16H22N2O3/c1-3-9-17(4-2)16(21)18-11-13-8-6-5-7-12(13)10-14(18)15(19)20/h5-8,14H,3-4,9-11H2,1-2H3,(H,19,20). The molecule has 0 saturated heterocycles. The summed E-state index contributed by atoms with van der Waals surface area (Å²) in [6, 6.07) is 6.77. The quantitative estimate of drug-likeness (QED) is 0.926. The molecule has 114 valence electrons. The third-order valence-corrected chi connectivity index (χ3v) is 3.93. The smallest absolute Gasteiger partial charge is 0.326 e. The minimum absolute atomic E-state index is 0.179. The number of rotatable bonds is 4. The van der Waals surface area contributed by atoms with Gasteiger partial charge >= 0.3 is 12.0 Å². The predicted octanol–water partition coefficient (Wildman–Crippen LogP) is 2.35. The molecule has 1 aliphatic heterocycles. The fourth-order valence-corrected chi connectivity index (χ4v) is 2.79. The van der Waals surface area contributed by atoms with Crippen molar-refractivity contribution in [3.8, 4) is 0 Å². The molecule has 1 unspecified atom stereocenters. The lowest BCUT2D eigenvalue weighted by Gasteiger charge is -2.37. The zero-order valence-corrected chi connectivity index (χ0v) is 12.6. The number of amides is 2. The van der Waals surface area contributed by atoms with Gasteiger partial charge in [-0.25, -0.2) is 9.59 Å². The molecule has 1 aliphatic rings. The van der Waals surface area contributed by atoms with Gasteiger partial charge in [0.2, 0.25) is 0 Å². The van der Waals surface area contributed by atoms with E-state index in [-0.39, 0.29) is 6.03 Å². The van der Waals surface area contributed by atoms with Crippen molar-refractivity contribution in [2.75, 3.05) is 13.1 Å². The summed E-state index contributed by atoms with van der Waals surface area (Å²) >= 11 is 0. The minimum atomic E-state index is -0.939. The van der Waals surface area contributed by atoms with Crippen molar-refractivity contribution in [2.24, 2.45) is 0 Å². The second kappa shape index (κ2) is 6.61. The summed E-state index contributed by atoms with van der Waals surface area (Å²) < 4.78 is 0. The van der Waals surface area contributed by atoms with Gasteiger partial charge in [0.25, 0.3) is 0 Å². The van der Waals surface area contributed by atoms with E-state index in [2.05, 4.69) is 0 Å². The Morgan fingerprint density at radius 2 is 1.95 bits per heavy atom. The van der Waals surface area contributed by atoms with Crippen molar-refractivity contribution in [1.82, 2.24) is 9.80 Å². The SMILES string of the molecule is CCCN(CC)C(=O)N1Cc2ccccc2CC1C(=O)O. The third-order valence-electron chi connectivity index (χ3n) is 3.93.